The zero-order valence-electron chi connectivity index (χ0n) is 13.5. The molecule has 0 N–H and O–H groups in total. The molecule has 1 aromatic heterocycles. The molecule has 0 bridgehead atoms. The van der Waals surface area contributed by atoms with Crippen LogP contribution in [0.4, 0.5) is 4.79 Å². The van der Waals surface area contributed by atoms with Gasteiger partial charge in [-0.3, -0.25) is 4.90 Å². The van der Waals surface area contributed by atoms with Gasteiger partial charge in [0, 0.05) is 37.1 Å². The van der Waals surface area contributed by atoms with E-state index in [-0.39, 0.29) is 11.7 Å². The fourth-order valence-electron chi connectivity index (χ4n) is 3.52. The molecule has 0 aliphatic carbocycles. The first-order chi connectivity index (χ1) is 11.5. The summed E-state index contributed by atoms with van der Waals surface area (Å²) >= 11 is 5.92. The van der Waals surface area contributed by atoms with E-state index in [1.165, 1.54) is 0 Å². The number of carbonyl (C=O) groups is 1. The monoisotopic (exact) mass is 346 g/mol. The average Bonchev–Trinajstić information content (AvgIpc) is 3.22. The molecule has 1 amide bonds. The molecule has 2 aromatic rings. The van der Waals surface area contributed by atoms with Crippen LogP contribution in [0.3, 0.4) is 0 Å². The minimum absolute atomic E-state index is 0.222. The van der Waals surface area contributed by atoms with Gasteiger partial charge in [-0.05, 0) is 36.4 Å². The molecule has 6 heteroatoms. The van der Waals surface area contributed by atoms with Crippen LogP contribution in [0.25, 0.3) is 11.3 Å². The van der Waals surface area contributed by atoms with E-state index in [1.54, 1.807) is 11.9 Å². The fourth-order valence-corrected chi connectivity index (χ4v) is 3.65. The number of likely N-dealkylation sites (tertiary alicyclic amines) is 1. The summed E-state index contributed by atoms with van der Waals surface area (Å²) in [4.78, 5) is 15.6. The molecule has 2 fully saturated rings. The average molecular weight is 347 g/mol. The quantitative estimate of drug-likeness (QED) is 0.851. The van der Waals surface area contributed by atoms with Crippen molar-refractivity contribution in [3.63, 3.8) is 0 Å². The summed E-state index contributed by atoms with van der Waals surface area (Å²) in [5.74, 6) is 1.75. The highest BCUT2D eigenvalue weighted by Crippen LogP contribution is 2.33. The topological polar surface area (TPSA) is 45.9 Å². The standard InChI is InChI=1S/C18H19ClN2O3/c1-20-11-18(24-17(20)22)8-9-21(12-18)10-15-6-7-16(23-15)13-2-4-14(19)5-3-13/h2-7H,8-12H2,1H3/t18-/m0/s1. The number of carbonyl (C=O) groups excluding carboxylic acids is 1. The van der Waals surface area contributed by atoms with E-state index in [0.29, 0.717) is 11.6 Å². The van der Waals surface area contributed by atoms with E-state index in [2.05, 4.69) is 4.90 Å². The lowest BCUT2D eigenvalue weighted by molar-refractivity contribution is 0.0621. The highest BCUT2D eigenvalue weighted by molar-refractivity contribution is 6.30. The molecule has 5 nitrogen and oxygen atoms in total. The highest BCUT2D eigenvalue weighted by Gasteiger charge is 2.48. The normalized spacial score (nSPS) is 24.1. The van der Waals surface area contributed by atoms with Crippen LogP contribution in [0.15, 0.2) is 40.8 Å². The maximum atomic E-state index is 11.6. The summed E-state index contributed by atoms with van der Waals surface area (Å²) in [5, 5.41) is 0.712. The lowest BCUT2D eigenvalue weighted by Crippen LogP contribution is -2.36. The molecule has 0 radical (unpaired) electrons. The van der Waals surface area contributed by atoms with Crippen molar-refractivity contribution < 1.29 is 13.9 Å². The number of hydrogen-bond acceptors (Lipinski definition) is 4. The zero-order chi connectivity index (χ0) is 16.7. The molecule has 0 unspecified atom stereocenters. The lowest BCUT2D eigenvalue weighted by Gasteiger charge is -2.21. The molecular weight excluding hydrogens is 328 g/mol. The first-order valence-corrected chi connectivity index (χ1v) is 8.42. The molecule has 0 saturated carbocycles. The highest BCUT2D eigenvalue weighted by atomic mass is 35.5. The van der Waals surface area contributed by atoms with Gasteiger partial charge in [0.1, 0.15) is 17.1 Å². The van der Waals surface area contributed by atoms with E-state index in [0.717, 1.165) is 43.1 Å². The predicted octanol–water partition coefficient (Wildman–Crippen LogP) is 3.63. The summed E-state index contributed by atoms with van der Waals surface area (Å²) < 4.78 is 11.5. The Balaban J connectivity index is 1.42. The van der Waals surface area contributed by atoms with Crippen LogP contribution in [0.5, 0.6) is 0 Å². The van der Waals surface area contributed by atoms with E-state index >= 15 is 0 Å². The Morgan fingerprint density at radius 2 is 1.96 bits per heavy atom. The van der Waals surface area contributed by atoms with Crippen molar-refractivity contribution in [2.75, 3.05) is 26.7 Å². The van der Waals surface area contributed by atoms with Gasteiger partial charge in [0.05, 0.1) is 13.1 Å². The Labute approximate surface area is 145 Å². The molecule has 2 aliphatic heterocycles. The Bertz CT molecular complexity index is 758. The second kappa shape index (κ2) is 5.83. The summed E-state index contributed by atoms with van der Waals surface area (Å²) in [6.07, 6.45) is 0.647. The third-order valence-electron chi connectivity index (χ3n) is 4.71. The number of likely N-dealkylation sites (N-methyl/N-ethyl adjacent to an activating group) is 1. The minimum atomic E-state index is -0.350. The Kier molecular flexibility index (Phi) is 3.77. The number of benzene rings is 1. The number of hydrogen-bond donors (Lipinski definition) is 0. The van der Waals surface area contributed by atoms with E-state index < -0.39 is 0 Å². The van der Waals surface area contributed by atoms with Gasteiger partial charge in [-0.15, -0.1) is 0 Å². The number of furan rings is 1. The van der Waals surface area contributed by atoms with Crippen molar-refractivity contribution in [1.82, 2.24) is 9.80 Å². The van der Waals surface area contributed by atoms with Gasteiger partial charge in [0.2, 0.25) is 0 Å². The molecule has 1 spiro atoms. The zero-order valence-corrected chi connectivity index (χ0v) is 14.3. The molecular formula is C18H19ClN2O3. The molecule has 4 rings (SSSR count). The summed E-state index contributed by atoms with van der Waals surface area (Å²) in [6, 6.07) is 11.6. The number of ether oxygens (including phenoxy) is 1. The van der Waals surface area contributed by atoms with Gasteiger partial charge in [0.25, 0.3) is 0 Å². The molecule has 126 valence electrons. The Hall–Kier alpha value is -1.98. The molecule has 1 atom stereocenters. The van der Waals surface area contributed by atoms with Crippen LogP contribution >= 0.6 is 11.6 Å². The largest absolute Gasteiger partial charge is 0.460 e. The van der Waals surface area contributed by atoms with E-state index in [1.807, 2.05) is 36.4 Å². The van der Waals surface area contributed by atoms with Crippen LogP contribution in [-0.2, 0) is 11.3 Å². The Morgan fingerprint density at radius 1 is 1.17 bits per heavy atom. The van der Waals surface area contributed by atoms with Crippen LogP contribution in [0.1, 0.15) is 12.2 Å². The number of rotatable bonds is 3. The number of nitrogens with zero attached hydrogens (tertiary/aromatic N) is 2. The van der Waals surface area contributed by atoms with Crippen molar-refractivity contribution in [3.05, 3.63) is 47.2 Å². The number of halogens is 1. The van der Waals surface area contributed by atoms with Crippen LogP contribution in [0.2, 0.25) is 5.02 Å². The second-order valence-corrected chi connectivity index (χ2v) is 7.08. The summed E-state index contributed by atoms with van der Waals surface area (Å²) in [7, 11) is 1.78. The molecule has 2 aliphatic rings. The lowest BCUT2D eigenvalue weighted by atomic mass is 10.0. The maximum Gasteiger partial charge on any atom is 0.410 e. The molecule has 1 aromatic carbocycles. The maximum absolute atomic E-state index is 11.6. The SMILES string of the molecule is CN1C[C@]2(CCN(Cc3ccc(-c4ccc(Cl)cc4)o3)C2)OC1=O. The second-order valence-electron chi connectivity index (χ2n) is 6.64. The van der Waals surface area contributed by atoms with Gasteiger partial charge in [-0.1, -0.05) is 11.6 Å². The van der Waals surface area contributed by atoms with Crippen LogP contribution < -0.4 is 0 Å². The van der Waals surface area contributed by atoms with Crippen molar-refractivity contribution in [1.29, 1.82) is 0 Å². The summed E-state index contributed by atoms with van der Waals surface area (Å²) in [6.45, 7) is 3.03. The Morgan fingerprint density at radius 3 is 2.67 bits per heavy atom. The fraction of sp³-hybridized carbons (Fsp3) is 0.389. The van der Waals surface area contributed by atoms with Gasteiger partial charge in [0.15, 0.2) is 0 Å². The summed E-state index contributed by atoms with van der Waals surface area (Å²) in [5.41, 5.74) is 0.659. The third-order valence-corrected chi connectivity index (χ3v) is 4.96. The first-order valence-electron chi connectivity index (χ1n) is 8.04. The predicted molar refractivity (Wildman–Crippen MR) is 90.9 cm³/mol. The molecule has 3 heterocycles. The number of amides is 1. The third kappa shape index (κ3) is 2.89. The van der Waals surface area contributed by atoms with E-state index in [9.17, 15) is 4.79 Å². The smallest absolute Gasteiger partial charge is 0.410 e. The van der Waals surface area contributed by atoms with Crippen molar-refractivity contribution >= 4 is 17.7 Å². The van der Waals surface area contributed by atoms with Crippen LogP contribution in [-0.4, -0.2) is 48.2 Å². The van der Waals surface area contributed by atoms with Crippen LogP contribution in [0, 0.1) is 0 Å². The van der Waals surface area contributed by atoms with Gasteiger partial charge >= 0.3 is 6.09 Å². The van der Waals surface area contributed by atoms with E-state index in [4.69, 9.17) is 20.8 Å². The van der Waals surface area contributed by atoms with Crippen molar-refractivity contribution in [2.24, 2.45) is 0 Å². The van der Waals surface area contributed by atoms with Gasteiger partial charge in [-0.25, -0.2) is 4.79 Å². The van der Waals surface area contributed by atoms with Gasteiger partial charge < -0.3 is 14.1 Å². The first kappa shape index (κ1) is 15.5. The van der Waals surface area contributed by atoms with Crippen molar-refractivity contribution in [3.8, 4) is 11.3 Å². The molecule has 24 heavy (non-hydrogen) atoms. The van der Waals surface area contributed by atoms with Crippen molar-refractivity contribution in [2.45, 2.75) is 18.6 Å². The minimum Gasteiger partial charge on any atom is -0.460 e. The molecule has 2 saturated heterocycles. The van der Waals surface area contributed by atoms with Gasteiger partial charge in [-0.2, -0.15) is 0 Å².